The number of carbonyl (C=O) groups is 1. The highest BCUT2D eigenvalue weighted by atomic mass is 16.1. The van der Waals surface area contributed by atoms with Gasteiger partial charge in [0.15, 0.2) is 0 Å². The maximum atomic E-state index is 12.1. The smallest absolute Gasteiger partial charge is 0.256 e. The summed E-state index contributed by atoms with van der Waals surface area (Å²) in [5, 5.41) is 5.21. The maximum absolute atomic E-state index is 12.1. The second kappa shape index (κ2) is 4.85. The largest absolute Gasteiger partial charge is 0.321 e. The quantitative estimate of drug-likeness (QED) is 0.911. The lowest BCUT2D eigenvalue weighted by Gasteiger charge is -2.30. The van der Waals surface area contributed by atoms with Gasteiger partial charge >= 0.3 is 0 Å². The normalized spacial score (nSPS) is 21.8. The predicted octanol–water partition coefficient (Wildman–Crippen LogP) is 3.64. The van der Waals surface area contributed by atoms with Gasteiger partial charge in [0, 0.05) is 29.7 Å². The topological polar surface area (TPSA) is 32.3 Å². The summed E-state index contributed by atoms with van der Waals surface area (Å²) in [5.74, 6) is 0.819. The summed E-state index contributed by atoms with van der Waals surface area (Å²) in [7, 11) is 0. The van der Waals surface area contributed by atoms with E-state index in [1.807, 2.05) is 12.1 Å². The fourth-order valence-electron chi connectivity index (χ4n) is 3.74. The molecular weight excluding hydrogens is 260 g/mol. The van der Waals surface area contributed by atoms with E-state index in [-0.39, 0.29) is 5.91 Å². The molecule has 0 spiro atoms. The van der Waals surface area contributed by atoms with Gasteiger partial charge < -0.3 is 5.32 Å². The monoisotopic (exact) mass is 280 g/mol. The molecule has 21 heavy (non-hydrogen) atoms. The van der Waals surface area contributed by atoms with Gasteiger partial charge in [-0.05, 0) is 54.5 Å². The third-order valence-corrected chi connectivity index (χ3v) is 4.68. The number of nitrogens with zero attached hydrogens (tertiary/aromatic N) is 1. The number of amides is 1. The predicted molar refractivity (Wildman–Crippen MR) is 85.6 cm³/mol. The number of carbonyl (C=O) groups excluding carboxylic acids is 1. The van der Waals surface area contributed by atoms with Gasteiger partial charge in [-0.2, -0.15) is 0 Å². The van der Waals surface area contributed by atoms with Gasteiger partial charge in [-0.15, -0.1) is 0 Å². The van der Waals surface area contributed by atoms with Gasteiger partial charge in [-0.1, -0.05) is 19.1 Å². The number of benzene rings is 2. The highest BCUT2D eigenvalue weighted by Crippen LogP contribution is 2.34. The van der Waals surface area contributed by atoms with Crippen LogP contribution in [0.5, 0.6) is 0 Å². The average molecular weight is 280 g/mol. The van der Waals surface area contributed by atoms with Crippen molar-refractivity contribution in [2.45, 2.75) is 26.3 Å². The van der Waals surface area contributed by atoms with Crippen LogP contribution in [0.15, 0.2) is 30.3 Å². The second-order valence-electron chi connectivity index (χ2n) is 6.48. The zero-order chi connectivity index (χ0) is 14.4. The molecule has 4 rings (SSSR count). The molecule has 0 aliphatic carbocycles. The van der Waals surface area contributed by atoms with E-state index in [1.165, 1.54) is 36.9 Å². The van der Waals surface area contributed by atoms with Gasteiger partial charge in [-0.3, -0.25) is 9.69 Å². The van der Waals surface area contributed by atoms with Gasteiger partial charge in [0.1, 0.15) is 0 Å². The highest BCUT2D eigenvalue weighted by molar-refractivity contribution is 6.24. The van der Waals surface area contributed by atoms with Crippen molar-refractivity contribution in [3.63, 3.8) is 0 Å². The molecule has 2 aromatic carbocycles. The lowest BCUT2D eigenvalue weighted by atomic mass is 9.98. The van der Waals surface area contributed by atoms with Crippen LogP contribution in [-0.2, 0) is 6.54 Å². The van der Waals surface area contributed by atoms with Crippen molar-refractivity contribution >= 4 is 22.4 Å². The fraction of sp³-hybridized carbons (Fsp3) is 0.389. The Morgan fingerprint density at radius 3 is 3.10 bits per heavy atom. The van der Waals surface area contributed by atoms with Crippen LogP contribution in [0.3, 0.4) is 0 Å². The third kappa shape index (κ3) is 2.22. The molecule has 1 amide bonds. The first-order valence-corrected chi connectivity index (χ1v) is 7.80. The zero-order valence-electron chi connectivity index (χ0n) is 12.4. The Hall–Kier alpha value is -1.87. The molecule has 0 unspecified atom stereocenters. The van der Waals surface area contributed by atoms with Crippen molar-refractivity contribution in [3.8, 4) is 0 Å². The SMILES string of the molecule is C[C@H]1CCCN(Cc2cc3c4c(cccc4c2)NC3=O)C1. The molecule has 3 heteroatoms. The van der Waals surface area contributed by atoms with Crippen LogP contribution in [0, 0.1) is 5.92 Å². The number of anilines is 1. The summed E-state index contributed by atoms with van der Waals surface area (Å²) < 4.78 is 0. The minimum absolute atomic E-state index is 0.0371. The maximum Gasteiger partial charge on any atom is 0.256 e. The van der Waals surface area contributed by atoms with Crippen molar-refractivity contribution in [3.05, 3.63) is 41.5 Å². The second-order valence-corrected chi connectivity index (χ2v) is 6.48. The van der Waals surface area contributed by atoms with Crippen LogP contribution in [0.1, 0.15) is 35.7 Å². The Labute approximate surface area is 124 Å². The van der Waals surface area contributed by atoms with E-state index in [1.54, 1.807) is 0 Å². The summed E-state index contributed by atoms with van der Waals surface area (Å²) >= 11 is 0. The van der Waals surface area contributed by atoms with Gasteiger partial charge in [0.2, 0.25) is 0 Å². The third-order valence-electron chi connectivity index (χ3n) is 4.68. The standard InChI is InChI=1S/C18H20N2O/c1-12-4-3-7-20(10-12)11-13-8-14-5-2-6-16-17(14)15(9-13)18(21)19-16/h2,5-6,8-9,12H,3-4,7,10-11H2,1H3,(H,19,21)/t12-/m0/s1. The van der Waals surface area contributed by atoms with Crippen molar-refractivity contribution in [2.24, 2.45) is 5.92 Å². The van der Waals surface area contributed by atoms with Crippen molar-refractivity contribution in [1.29, 1.82) is 0 Å². The minimum Gasteiger partial charge on any atom is -0.321 e. The molecule has 2 heterocycles. The van der Waals surface area contributed by atoms with E-state index < -0.39 is 0 Å². The first-order chi connectivity index (χ1) is 10.2. The van der Waals surface area contributed by atoms with Crippen LogP contribution in [0.2, 0.25) is 0 Å². The van der Waals surface area contributed by atoms with Gasteiger partial charge in [0.05, 0.1) is 0 Å². The molecule has 1 saturated heterocycles. The molecule has 2 aliphatic rings. The van der Waals surface area contributed by atoms with Crippen molar-refractivity contribution in [2.75, 3.05) is 18.4 Å². The summed E-state index contributed by atoms with van der Waals surface area (Å²) in [5.41, 5.74) is 3.04. The molecule has 0 aromatic heterocycles. The molecule has 1 fully saturated rings. The Kier molecular flexibility index (Phi) is 2.96. The Balaban J connectivity index is 1.70. The zero-order valence-corrected chi connectivity index (χ0v) is 12.4. The first kappa shape index (κ1) is 12.8. The number of hydrogen-bond donors (Lipinski definition) is 1. The summed E-state index contributed by atoms with van der Waals surface area (Å²) in [6, 6.07) is 10.4. The number of piperidine rings is 1. The van der Waals surface area contributed by atoms with Crippen LogP contribution in [-0.4, -0.2) is 23.9 Å². The van der Waals surface area contributed by atoms with E-state index in [0.29, 0.717) is 0 Å². The Morgan fingerprint density at radius 2 is 2.24 bits per heavy atom. The molecule has 2 aliphatic heterocycles. The van der Waals surface area contributed by atoms with Crippen molar-refractivity contribution < 1.29 is 4.79 Å². The Morgan fingerprint density at radius 1 is 1.33 bits per heavy atom. The lowest BCUT2D eigenvalue weighted by Crippen LogP contribution is -2.33. The van der Waals surface area contributed by atoms with E-state index in [4.69, 9.17) is 0 Å². The highest BCUT2D eigenvalue weighted by Gasteiger charge is 2.23. The van der Waals surface area contributed by atoms with Crippen LogP contribution >= 0.6 is 0 Å². The summed E-state index contributed by atoms with van der Waals surface area (Å²) in [6.07, 6.45) is 2.62. The van der Waals surface area contributed by atoms with E-state index in [9.17, 15) is 4.79 Å². The van der Waals surface area contributed by atoms with Gasteiger partial charge in [-0.25, -0.2) is 0 Å². The molecule has 1 atom stereocenters. The molecule has 3 nitrogen and oxygen atoms in total. The average Bonchev–Trinajstić information content (AvgIpc) is 2.77. The minimum atomic E-state index is 0.0371. The Bertz CT molecular complexity index is 722. The molecule has 2 aromatic rings. The summed E-state index contributed by atoms with van der Waals surface area (Å²) in [4.78, 5) is 14.6. The molecule has 108 valence electrons. The fourth-order valence-corrected chi connectivity index (χ4v) is 3.74. The van der Waals surface area contributed by atoms with Gasteiger partial charge in [0.25, 0.3) is 5.91 Å². The number of rotatable bonds is 2. The molecule has 0 saturated carbocycles. The number of likely N-dealkylation sites (tertiary alicyclic amines) is 1. The van der Waals surface area contributed by atoms with Crippen LogP contribution < -0.4 is 5.32 Å². The molecular formula is C18H20N2O. The number of nitrogens with one attached hydrogen (secondary N) is 1. The first-order valence-electron chi connectivity index (χ1n) is 7.80. The molecule has 0 radical (unpaired) electrons. The molecule has 0 bridgehead atoms. The number of hydrogen-bond acceptors (Lipinski definition) is 2. The van der Waals surface area contributed by atoms with Crippen molar-refractivity contribution in [1.82, 2.24) is 4.90 Å². The lowest BCUT2D eigenvalue weighted by molar-refractivity contribution is 0.103. The van der Waals surface area contributed by atoms with Crippen LogP contribution in [0.25, 0.3) is 10.8 Å². The summed E-state index contributed by atoms with van der Waals surface area (Å²) in [6.45, 7) is 5.61. The van der Waals surface area contributed by atoms with E-state index in [2.05, 4.69) is 35.3 Å². The van der Waals surface area contributed by atoms with E-state index in [0.717, 1.165) is 29.1 Å². The van der Waals surface area contributed by atoms with Crippen LogP contribution in [0.4, 0.5) is 5.69 Å². The van der Waals surface area contributed by atoms with E-state index >= 15 is 0 Å². The molecule has 1 N–H and O–H groups in total.